The molecule has 1 aromatic heterocycles. The molecule has 0 unspecified atom stereocenters. The lowest BCUT2D eigenvalue weighted by atomic mass is 10.1. The van der Waals surface area contributed by atoms with Crippen LogP contribution in [0.3, 0.4) is 0 Å². The van der Waals surface area contributed by atoms with Crippen molar-refractivity contribution < 1.29 is 9.72 Å². The number of H-pyrrole nitrogens is 1. The molecule has 0 saturated carbocycles. The van der Waals surface area contributed by atoms with Gasteiger partial charge in [0.05, 0.1) is 16.0 Å². The first-order chi connectivity index (χ1) is 14.6. The van der Waals surface area contributed by atoms with Crippen molar-refractivity contribution in [2.75, 3.05) is 24.5 Å². The molecule has 1 fully saturated rings. The third-order valence-corrected chi connectivity index (χ3v) is 5.45. The number of imidazole rings is 1. The standard InChI is InChI=1S/C22H25N5O3/c28-22(23-12-6-9-21-24-17-7-2-3-8-18(17)25-21)16-10-11-19(20(15-16)27(29)30)26-13-4-1-5-14-26/h2-3,7-8,10-11,15H,1,4-6,9,12-14H2,(H,23,28)(H,24,25). The van der Waals surface area contributed by atoms with Crippen molar-refractivity contribution in [1.82, 2.24) is 15.3 Å². The van der Waals surface area contributed by atoms with Crippen molar-refractivity contribution in [3.05, 3.63) is 64.0 Å². The molecule has 4 rings (SSSR count). The SMILES string of the molecule is O=C(NCCCc1nc2ccccc2[nH]1)c1ccc(N2CCCCC2)c([N+](=O)[O-])c1. The molecule has 1 amide bonds. The van der Waals surface area contributed by atoms with Crippen molar-refractivity contribution in [2.45, 2.75) is 32.1 Å². The average molecular weight is 407 g/mol. The Morgan fingerprint density at radius 2 is 1.97 bits per heavy atom. The van der Waals surface area contributed by atoms with E-state index in [9.17, 15) is 14.9 Å². The number of nitro groups is 1. The number of hydrogen-bond acceptors (Lipinski definition) is 5. The number of piperidine rings is 1. The van der Waals surface area contributed by atoms with Crippen LogP contribution in [0.4, 0.5) is 11.4 Å². The summed E-state index contributed by atoms with van der Waals surface area (Å²) in [5.74, 6) is 0.583. The predicted molar refractivity (Wildman–Crippen MR) is 116 cm³/mol. The van der Waals surface area contributed by atoms with E-state index in [2.05, 4.69) is 15.3 Å². The van der Waals surface area contributed by atoms with Crippen LogP contribution in [-0.4, -0.2) is 40.4 Å². The topological polar surface area (TPSA) is 104 Å². The number of aromatic nitrogens is 2. The Kier molecular flexibility index (Phi) is 5.92. The van der Waals surface area contributed by atoms with Crippen LogP contribution < -0.4 is 10.2 Å². The van der Waals surface area contributed by atoms with Gasteiger partial charge in [-0.3, -0.25) is 14.9 Å². The number of nitrogens with one attached hydrogen (secondary N) is 2. The molecule has 2 N–H and O–H groups in total. The predicted octanol–water partition coefficient (Wildman–Crippen LogP) is 3.82. The van der Waals surface area contributed by atoms with Crippen molar-refractivity contribution in [2.24, 2.45) is 0 Å². The minimum Gasteiger partial charge on any atom is -0.366 e. The molecule has 1 aliphatic rings. The Labute approximate surface area is 174 Å². The van der Waals surface area contributed by atoms with Crippen LogP contribution in [0.1, 0.15) is 41.9 Å². The van der Waals surface area contributed by atoms with Crippen molar-refractivity contribution in [3.8, 4) is 0 Å². The highest BCUT2D eigenvalue weighted by atomic mass is 16.6. The van der Waals surface area contributed by atoms with Gasteiger partial charge in [0.1, 0.15) is 11.5 Å². The fourth-order valence-electron chi connectivity index (χ4n) is 3.90. The van der Waals surface area contributed by atoms with Gasteiger partial charge >= 0.3 is 0 Å². The minimum absolute atomic E-state index is 0.00757. The number of rotatable bonds is 7. The molecule has 0 aliphatic carbocycles. The molecule has 0 radical (unpaired) electrons. The largest absolute Gasteiger partial charge is 0.366 e. The second kappa shape index (κ2) is 8.94. The number of carbonyl (C=O) groups excluding carboxylic acids is 1. The molecule has 1 aliphatic heterocycles. The molecule has 1 saturated heterocycles. The summed E-state index contributed by atoms with van der Waals surface area (Å²) in [4.78, 5) is 33.5. The van der Waals surface area contributed by atoms with Gasteiger partial charge in [0, 0.05) is 37.7 Å². The second-order valence-electron chi connectivity index (χ2n) is 7.57. The van der Waals surface area contributed by atoms with Crippen LogP contribution >= 0.6 is 0 Å². The number of fused-ring (bicyclic) bond motifs is 1. The number of benzene rings is 2. The van der Waals surface area contributed by atoms with Crippen molar-refractivity contribution in [3.63, 3.8) is 0 Å². The first-order valence-corrected chi connectivity index (χ1v) is 10.4. The van der Waals surface area contributed by atoms with E-state index >= 15 is 0 Å². The summed E-state index contributed by atoms with van der Waals surface area (Å²) in [5, 5.41) is 14.4. The van der Waals surface area contributed by atoms with Gasteiger partial charge in [0.25, 0.3) is 11.6 Å². The number of carbonyl (C=O) groups is 1. The number of aromatic amines is 1. The van der Waals surface area contributed by atoms with Crippen LogP contribution in [0.2, 0.25) is 0 Å². The summed E-state index contributed by atoms with van der Waals surface area (Å²) in [7, 11) is 0. The maximum absolute atomic E-state index is 12.5. The summed E-state index contributed by atoms with van der Waals surface area (Å²) in [5.41, 5.74) is 2.83. The van der Waals surface area contributed by atoms with E-state index in [4.69, 9.17) is 0 Å². The summed E-state index contributed by atoms with van der Waals surface area (Å²) < 4.78 is 0. The Morgan fingerprint density at radius 3 is 2.73 bits per heavy atom. The summed E-state index contributed by atoms with van der Waals surface area (Å²) in [6.07, 6.45) is 4.65. The van der Waals surface area contributed by atoms with Gasteiger partial charge in [-0.25, -0.2) is 4.98 Å². The maximum atomic E-state index is 12.5. The van der Waals surface area contributed by atoms with Crippen LogP contribution in [0.15, 0.2) is 42.5 Å². The van der Waals surface area contributed by atoms with E-state index in [1.807, 2.05) is 29.2 Å². The third-order valence-electron chi connectivity index (χ3n) is 5.45. The smallest absolute Gasteiger partial charge is 0.293 e. The fraction of sp³-hybridized carbons (Fsp3) is 0.364. The Hall–Kier alpha value is -3.42. The summed E-state index contributed by atoms with van der Waals surface area (Å²) in [6.45, 7) is 2.10. The van der Waals surface area contributed by atoms with Gasteiger partial charge in [-0.05, 0) is 49.9 Å². The highest BCUT2D eigenvalue weighted by Crippen LogP contribution is 2.31. The van der Waals surface area contributed by atoms with Gasteiger partial charge < -0.3 is 15.2 Å². The van der Waals surface area contributed by atoms with Gasteiger partial charge in [0.15, 0.2) is 0 Å². The molecule has 2 heterocycles. The highest BCUT2D eigenvalue weighted by Gasteiger charge is 2.23. The molecule has 8 nitrogen and oxygen atoms in total. The third kappa shape index (κ3) is 4.42. The fourth-order valence-corrected chi connectivity index (χ4v) is 3.90. The lowest BCUT2D eigenvalue weighted by Crippen LogP contribution is -2.30. The minimum atomic E-state index is -0.401. The van der Waals surface area contributed by atoms with Crippen LogP contribution in [0, 0.1) is 10.1 Å². The van der Waals surface area contributed by atoms with E-state index < -0.39 is 4.92 Å². The van der Waals surface area contributed by atoms with Crippen LogP contribution in [0.5, 0.6) is 0 Å². The second-order valence-corrected chi connectivity index (χ2v) is 7.57. The number of amides is 1. The molecule has 3 aromatic rings. The van der Waals surface area contributed by atoms with Gasteiger partial charge in [-0.15, -0.1) is 0 Å². The number of aryl methyl sites for hydroxylation is 1. The summed E-state index contributed by atoms with van der Waals surface area (Å²) >= 11 is 0. The monoisotopic (exact) mass is 407 g/mol. The zero-order valence-electron chi connectivity index (χ0n) is 16.8. The van der Waals surface area contributed by atoms with Crippen molar-refractivity contribution >= 4 is 28.3 Å². The highest BCUT2D eigenvalue weighted by molar-refractivity contribution is 5.95. The number of nitrogens with zero attached hydrogens (tertiary/aromatic N) is 3. The lowest BCUT2D eigenvalue weighted by Gasteiger charge is -2.28. The Bertz CT molecular complexity index is 1020. The van der Waals surface area contributed by atoms with E-state index in [-0.39, 0.29) is 11.6 Å². The summed E-state index contributed by atoms with van der Waals surface area (Å²) in [6, 6.07) is 12.6. The van der Waals surface area contributed by atoms with E-state index in [1.54, 1.807) is 12.1 Å². The maximum Gasteiger partial charge on any atom is 0.293 e. The lowest BCUT2D eigenvalue weighted by molar-refractivity contribution is -0.384. The molecule has 30 heavy (non-hydrogen) atoms. The number of para-hydroxylation sites is 2. The average Bonchev–Trinajstić information content (AvgIpc) is 3.19. The molecular formula is C22H25N5O3. The molecule has 156 valence electrons. The van der Waals surface area contributed by atoms with E-state index in [0.29, 0.717) is 24.2 Å². The number of anilines is 1. The molecule has 0 atom stereocenters. The normalized spacial score (nSPS) is 14.1. The molecule has 8 heteroatoms. The van der Waals surface area contributed by atoms with Crippen LogP contribution in [0.25, 0.3) is 11.0 Å². The number of nitro benzene ring substituents is 1. The molecular weight excluding hydrogens is 382 g/mol. The van der Waals surface area contributed by atoms with Gasteiger partial charge in [0.2, 0.25) is 0 Å². The van der Waals surface area contributed by atoms with E-state index in [1.165, 1.54) is 6.07 Å². The van der Waals surface area contributed by atoms with E-state index in [0.717, 1.165) is 55.6 Å². The van der Waals surface area contributed by atoms with Crippen LogP contribution in [-0.2, 0) is 6.42 Å². The quantitative estimate of drug-likeness (QED) is 0.352. The number of hydrogen-bond donors (Lipinski definition) is 2. The molecule has 2 aromatic carbocycles. The van der Waals surface area contributed by atoms with Crippen molar-refractivity contribution in [1.29, 1.82) is 0 Å². The van der Waals surface area contributed by atoms with Gasteiger partial charge in [-0.1, -0.05) is 12.1 Å². The van der Waals surface area contributed by atoms with Gasteiger partial charge in [-0.2, -0.15) is 0 Å². The molecule has 0 spiro atoms. The first kappa shape index (κ1) is 19.9. The zero-order valence-corrected chi connectivity index (χ0v) is 16.8. The zero-order chi connectivity index (χ0) is 20.9. The Morgan fingerprint density at radius 1 is 1.17 bits per heavy atom. The Balaban J connectivity index is 1.35. The molecule has 0 bridgehead atoms. The first-order valence-electron chi connectivity index (χ1n) is 10.4.